The van der Waals surface area contributed by atoms with E-state index in [4.69, 9.17) is 9.47 Å². The van der Waals surface area contributed by atoms with Crippen molar-refractivity contribution in [3.63, 3.8) is 0 Å². The standard InChI is InChI=1S/C26H27N3O4S/c1-5-32-25(31)23-18(4)27-26-29(11-12-34-26)24(23)19-7-6-8-21(14-19)33-15-22(30)28-20-10-9-16(2)17(3)13-20/h6-14,24H,5,15H2,1-4H3,(H,28,30)/t24-/m1/s1. The first-order valence-corrected chi connectivity index (χ1v) is 11.9. The minimum Gasteiger partial charge on any atom is -0.484 e. The first-order chi connectivity index (χ1) is 16.4. The van der Waals surface area contributed by atoms with E-state index >= 15 is 0 Å². The van der Waals surface area contributed by atoms with Crippen molar-refractivity contribution in [3.8, 4) is 5.75 Å². The SMILES string of the molecule is CCOC(=O)C1=C(C)N=C2SC=CN2[C@@H]1c1cccc(OCC(=O)Nc2ccc(C)c(C)c2)c1. The number of anilines is 1. The number of fused-ring (bicyclic) bond motifs is 1. The predicted octanol–water partition coefficient (Wildman–Crippen LogP) is 5.09. The lowest BCUT2D eigenvalue weighted by molar-refractivity contribution is -0.139. The lowest BCUT2D eigenvalue weighted by Gasteiger charge is -2.33. The van der Waals surface area contributed by atoms with Crippen molar-refractivity contribution >= 4 is 34.5 Å². The number of aryl methyl sites for hydroxylation is 2. The van der Waals surface area contributed by atoms with E-state index in [1.807, 2.05) is 73.7 Å². The summed E-state index contributed by atoms with van der Waals surface area (Å²) in [5.41, 5.74) is 4.97. The lowest BCUT2D eigenvalue weighted by Crippen LogP contribution is -2.34. The van der Waals surface area contributed by atoms with E-state index in [2.05, 4.69) is 10.3 Å². The number of esters is 1. The normalized spacial score (nSPS) is 16.8. The first kappa shape index (κ1) is 23.6. The highest BCUT2D eigenvalue weighted by Gasteiger charge is 2.37. The van der Waals surface area contributed by atoms with E-state index in [0.29, 0.717) is 17.0 Å². The molecule has 1 atom stereocenters. The van der Waals surface area contributed by atoms with E-state index in [1.54, 1.807) is 13.0 Å². The number of rotatable bonds is 7. The minimum absolute atomic E-state index is 0.132. The van der Waals surface area contributed by atoms with Crippen LogP contribution in [0.1, 0.15) is 36.6 Å². The number of benzene rings is 2. The third-order valence-electron chi connectivity index (χ3n) is 5.65. The average molecular weight is 478 g/mol. The molecule has 0 aromatic heterocycles. The van der Waals surface area contributed by atoms with Gasteiger partial charge < -0.3 is 19.7 Å². The summed E-state index contributed by atoms with van der Waals surface area (Å²) in [5, 5.41) is 5.60. The van der Waals surface area contributed by atoms with Crippen molar-refractivity contribution in [3.05, 3.63) is 82.0 Å². The number of thioether (sulfide) groups is 1. The van der Waals surface area contributed by atoms with Crippen LogP contribution in [0.15, 0.2) is 70.3 Å². The van der Waals surface area contributed by atoms with Crippen LogP contribution in [0.4, 0.5) is 5.69 Å². The topological polar surface area (TPSA) is 80.2 Å². The molecule has 1 N–H and O–H groups in total. The highest BCUT2D eigenvalue weighted by molar-refractivity contribution is 8.16. The third kappa shape index (κ3) is 5.02. The van der Waals surface area contributed by atoms with Crippen LogP contribution >= 0.6 is 11.8 Å². The number of aliphatic imine (C=N–C) groups is 1. The Morgan fingerprint density at radius 1 is 1.12 bits per heavy atom. The minimum atomic E-state index is -0.397. The largest absolute Gasteiger partial charge is 0.484 e. The van der Waals surface area contributed by atoms with Gasteiger partial charge in [-0.05, 0) is 74.1 Å². The Balaban J connectivity index is 1.52. The molecule has 2 aromatic rings. The monoisotopic (exact) mass is 477 g/mol. The highest BCUT2D eigenvalue weighted by Crippen LogP contribution is 2.41. The first-order valence-electron chi connectivity index (χ1n) is 11.1. The summed E-state index contributed by atoms with van der Waals surface area (Å²) in [7, 11) is 0. The second-order valence-corrected chi connectivity index (χ2v) is 8.91. The molecule has 2 heterocycles. The van der Waals surface area contributed by atoms with Crippen LogP contribution in [-0.2, 0) is 14.3 Å². The molecule has 0 saturated carbocycles. The summed E-state index contributed by atoms with van der Waals surface area (Å²) in [5.74, 6) is -0.103. The smallest absolute Gasteiger partial charge is 0.338 e. The molecule has 0 fully saturated rings. The van der Waals surface area contributed by atoms with E-state index in [-0.39, 0.29) is 19.1 Å². The van der Waals surface area contributed by atoms with Gasteiger partial charge in [0, 0.05) is 11.9 Å². The second-order valence-electron chi connectivity index (χ2n) is 8.04. The third-order valence-corrected chi connectivity index (χ3v) is 6.42. The number of hydrogen-bond donors (Lipinski definition) is 1. The fourth-order valence-electron chi connectivity index (χ4n) is 3.84. The Morgan fingerprint density at radius 3 is 2.71 bits per heavy atom. The van der Waals surface area contributed by atoms with Crippen molar-refractivity contribution in [2.24, 2.45) is 4.99 Å². The van der Waals surface area contributed by atoms with E-state index in [9.17, 15) is 9.59 Å². The molecule has 0 radical (unpaired) electrons. The number of amides is 1. The summed E-state index contributed by atoms with van der Waals surface area (Å²) in [4.78, 5) is 31.8. The molecule has 4 rings (SSSR count). The van der Waals surface area contributed by atoms with Crippen LogP contribution in [0.25, 0.3) is 0 Å². The maximum absolute atomic E-state index is 12.8. The zero-order valence-corrected chi connectivity index (χ0v) is 20.4. The lowest BCUT2D eigenvalue weighted by atomic mass is 9.94. The van der Waals surface area contributed by atoms with Gasteiger partial charge in [-0.1, -0.05) is 30.0 Å². The molecular formula is C26H27N3O4S. The zero-order valence-electron chi connectivity index (χ0n) is 19.6. The molecule has 0 bridgehead atoms. The summed E-state index contributed by atoms with van der Waals surface area (Å²) in [6, 6.07) is 12.8. The van der Waals surface area contributed by atoms with Crippen LogP contribution < -0.4 is 10.1 Å². The van der Waals surface area contributed by atoms with Crippen LogP contribution in [-0.4, -0.2) is 35.2 Å². The summed E-state index contributed by atoms with van der Waals surface area (Å²) in [6.07, 6.45) is 1.91. The summed E-state index contributed by atoms with van der Waals surface area (Å²) >= 11 is 1.50. The molecule has 0 saturated heterocycles. The molecule has 34 heavy (non-hydrogen) atoms. The molecule has 7 nitrogen and oxygen atoms in total. The van der Waals surface area contributed by atoms with Crippen LogP contribution in [0, 0.1) is 13.8 Å². The number of amidine groups is 1. The van der Waals surface area contributed by atoms with Gasteiger partial charge in [0.05, 0.1) is 23.9 Å². The van der Waals surface area contributed by atoms with Crippen LogP contribution in [0.2, 0.25) is 0 Å². The number of nitrogens with one attached hydrogen (secondary N) is 1. The molecule has 2 aromatic carbocycles. The van der Waals surface area contributed by atoms with E-state index in [1.165, 1.54) is 17.3 Å². The molecule has 2 aliphatic rings. The van der Waals surface area contributed by atoms with Gasteiger partial charge in [-0.3, -0.25) is 4.79 Å². The van der Waals surface area contributed by atoms with Crippen molar-refractivity contribution in [2.45, 2.75) is 33.7 Å². The number of ether oxygens (including phenoxy) is 2. The van der Waals surface area contributed by atoms with E-state index < -0.39 is 12.0 Å². The average Bonchev–Trinajstić information content (AvgIpc) is 3.27. The molecule has 0 unspecified atom stereocenters. The second kappa shape index (κ2) is 10.2. The van der Waals surface area contributed by atoms with Crippen molar-refractivity contribution < 1.29 is 19.1 Å². The summed E-state index contributed by atoms with van der Waals surface area (Å²) < 4.78 is 11.1. The van der Waals surface area contributed by atoms with Crippen molar-refractivity contribution in [1.29, 1.82) is 0 Å². The molecule has 0 spiro atoms. The van der Waals surface area contributed by atoms with Crippen molar-refractivity contribution in [2.75, 3.05) is 18.5 Å². The van der Waals surface area contributed by atoms with Gasteiger partial charge in [0.1, 0.15) is 5.75 Å². The molecule has 1 amide bonds. The van der Waals surface area contributed by atoms with Gasteiger partial charge in [0.25, 0.3) is 5.91 Å². The Kier molecular flexibility index (Phi) is 7.07. The van der Waals surface area contributed by atoms with Gasteiger partial charge >= 0.3 is 5.97 Å². The Hall–Kier alpha value is -3.52. The molecule has 0 aliphatic carbocycles. The number of carbonyl (C=O) groups is 2. The Labute approximate surface area is 203 Å². The van der Waals surface area contributed by atoms with Gasteiger partial charge in [0.2, 0.25) is 0 Å². The molecule has 8 heteroatoms. The number of hydrogen-bond acceptors (Lipinski definition) is 7. The number of allylic oxidation sites excluding steroid dienone is 1. The van der Waals surface area contributed by atoms with Gasteiger partial charge in [-0.2, -0.15) is 0 Å². The molecule has 2 aliphatic heterocycles. The van der Waals surface area contributed by atoms with Gasteiger partial charge in [0.15, 0.2) is 11.8 Å². The van der Waals surface area contributed by atoms with Gasteiger partial charge in [-0.15, -0.1) is 0 Å². The maximum atomic E-state index is 12.8. The fourth-order valence-corrected chi connectivity index (χ4v) is 4.63. The van der Waals surface area contributed by atoms with Gasteiger partial charge in [-0.25, -0.2) is 9.79 Å². The predicted molar refractivity (Wildman–Crippen MR) is 135 cm³/mol. The van der Waals surface area contributed by atoms with Crippen LogP contribution in [0.3, 0.4) is 0 Å². The van der Waals surface area contributed by atoms with Crippen LogP contribution in [0.5, 0.6) is 5.75 Å². The number of nitrogens with zero attached hydrogens (tertiary/aromatic N) is 2. The number of carbonyl (C=O) groups excluding carboxylic acids is 2. The molecule has 176 valence electrons. The summed E-state index contributed by atoms with van der Waals surface area (Å²) in [6.45, 7) is 7.78. The zero-order chi connectivity index (χ0) is 24.2. The Bertz CT molecular complexity index is 1220. The highest BCUT2D eigenvalue weighted by atomic mass is 32.2. The fraction of sp³-hybridized carbons (Fsp3) is 0.269. The van der Waals surface area contributed by atoms with Crippen molar-refractivity contribution in [1.82, 2.24) is 4.90 Å². The van der Waals surface area contributed by atoms with E-state index in [0.717, 1.165) is 22.0 Å². The quantitative estimate of drug-likeness (QED) is 0.560. The Morgan fingerprint density at radius 2 is 1.94 bits per heavy atom. The maximum Gasteiger partial charge on any atom is 0.338 e. The molecular weight excluding hydrogens is 450 g/mol.